The number of hydrogen-bond donors (Lipinski definition) is 2. The van der Waals surface area contributed by atoms with Crippen molar-refractivity contribution in [3.63, 3.8) is 0 Å². The van der Waals surface area contributed by atoms with Crippen molar-refractivity contribution in [2.45, 2.75) is 6.92 Å². The molecule has 0 radical (unpaired) electrons. The zero-order chi connectivity index (χ0) is 13.9. The Kier molecular flexibility index (Phi) is 3.39. The molecule has 2 N–H and O–H groups in total. The molecule has 0 aliphatic rings. The van der Waals surface area contributed by atoms with E-state index in [0.29, 0.717) is 33.6 Å². The number of nitrogens with one attached hydrogen (secondary N) is 2. The van der Waals surface area contributed by atoms with E-state index < -0.39 is 0 Å². The van der Waals surface area contributed by atoms with Gasteiger partial charge in [0.1, 0.15) is 11.1 Å². The molecule has 6 nitrogen and oxygen atoms in total. The third kappa shape index (κ3) is 2.50. The highest BCUT2D eigenvalue weighted by molar-refractivity contribution is 6.30. The minimum atomic E-state index is 0.432. The third-order valence-electron chi connectivity index (χ3n) is 2.62. The van der Waals surface area contributed by atoms with Crippen LogP contribution in [0.4, 0.5) is 5.95 Å². The molecule has 0 amide bonds. The molecule has 0 aliphatic heterocycles. The van der Waals surface area contributed by atoms with Crippen LogP contribution in [0.25, 0.3) is 11.0 Å². The fourth-order valence-corrected chi connectivity index (χ4v) is 1.95. The quantitative estimate of drug-likeness (QED) is 0.771. The van der Waals surface area contributed by atoms with E-state index in [1.54, 1.807) is 18.3 Å². The van der Waals surface area contributed by atoms with Gasteiger partial charge in [-0.3, -0.25) is 5.10 Å². The first-order valence-electron chi connectivity index (χ1n) is 6.14. The van der Waals surface area contributed by atoms with Gasteiger partial charge in [-0.25, -0.2) is 0 Å². The minimum absolute atomic E-state index is 0.432. The predicted molar refractivity (Wildman–Crippen MR) is 77.4 cm³/mol. The number of aromatic nitrogens is 4. The molecule has 0 saturated heterocycles. The van der Waals surface area contributed by atoms with Gasteiger partial charge in [-0.1, -0.05) is 17.7 Å². The van der Waals surface area contributed by atoms with E-state index in [1.807, 2.05) is 19.1 Å². The first kappa shape index (κ1) is 12.7. The molecular weight excluding hydrogens is 278 g/mol. The Morgan fingerprint density at radius 2 is 2.25 bits per heavy atom. The van der Waals surface area contributed by atoms with Crippen LogP contribution in [0, 0.1) is 0 Å². The highest BCUT2D eigenvalue weighted by Gasteiger charge is 2.11. The van der Waals surface area contributed by atoms with Gasteiger partial charge in [0.2, 0.25) is 11.8 Å². The van der Waals surface area contributed by atoms with E-state index in [0.717, 1.165) is 6.54 Å². The summed E-state index contributed by atoms with van der Waals surface area (Å²) in [5, 5.41) is 11.1. The smallest absolute Gasteiger partial charge is 0.235 e. The summed E-state index contributed by atoms with van der Waals surface area (Å²) in [6, 6.07) is 7.14. The predicted octanol–water partition coefficient (Wildman–Crippen LogP) is 3.23. The lowest BCUT2D eigenvalue weighted by Crippen LogP contribution is -2.03. The van der Waals surface area contributed by atoms with Gasteiger partial charge in [0.05, 0.1) is 6.20 Å². The molecular formula is C13H12ClN5O. The Balaban J connectivity index is 2.02. The number of nitrogens with zero attached hydrogens (tertiary/aromatic N) is 3. The van der Waals surface area contributed by atoms with Gasteiger partial charge in [0.25, 0.3) is 0 Å². The van der Waals surface area contributed by atoms with Crippen molar-refractivity contribution in [1.29, 1.82) is 0 Å². The SMILES string of the molecule is CCNc1nc(Oc2cccc(Cl)c2)c2cn[nH]c2n1. The first-order chi connectivity index (χ1) is 9.76. The van der Waals surface area contributed by atoms with E-state index in [9.17, 15) is 0 Å². The van der Waals surface area contributed by atoms with Crippen LogP contribution in [0.3, 0.4) is 0 Å². The van der Waals surface area contributed by atoms with Gasteiger partial charge in [-0.2, -0.15) is 15.1 Å². The van der Waals surface area contributed by atoms with Crippen molar-refractivity contribution in [3.8, 4) is 11.6 Å². The highest BCUT2D eigenvalue weighted by atomic mass is 35.5. The summed E-state index contributed by atoms with van der Waals surface area (Å²) in [6.07, 6.45) is 1.63. The zero-order valence-corrected chi connectivity index (χ0v) is 11.5. The number of hydrogen-bond acceptors (Lipinski definition) is 5. The average molecular weight is 290 g/mol. The van der Waals surface area contributed by atoms with Crippen LogP contribution < -0.4 is 10.1 Å². The second kappa shape index (κ2) is 5.34. The third-order valence-corrected chi connectivity index (χ3v) is 2.86. The van der Waals surface area contributed by atoms with E-state index in [2.05, 4.69) is 25.5 Å². The molecule has 0 aliphatic carbocycles. The van der Waals surface area contributed by atoms with E-state index in [-0.39, 0.29) is 0 Å². The van der Waals surface area contributed by atoms with Crippen molar-refractivity contribution >= 4 is 28.6 Å². The Hall–Kier alpha value is -2.34. The first-order valence-corrected chi connectivity index (χ1v) is 6.52. The standard InChI is InChI=1S/C13H12ClN5O/c1-2-15-13-17-11-10(7-16-19-11)12(18-13)20-9-5-3-4-8(14)6-9/h3-7H,2H2,1H3,(H2,15,16,17,18,19). The second-order valence-corrected chi connectivity index (χ2v) is 4.51. The normalized spacial score (nSPS) is 10.7. The number of anilines is 1. The average Bonchev–Trinajstić information content (AvgIpc) is 2.87. The lowest BCUT2D eigenvalue weighted by Gasteiger charge is -2.08. The second-order valence-electron chi connectivity index (χ2n) is 4.07. The Morgan fingerprint density at radius 1 is 1.35 bits per heavy atom. The Labute approximate surface area is 120 Å². The maximum atomic E-state index is 5.95. The summed E-state index contributed by atoms with van der Waals surface area (Å²) >= 11 is 5.95. The fraction of sp³-hybridized carbons (Fsp3) is 0.154. The summed E-state index contributed by atoms with van der Waals surface area (Å²) in [6.45, 7) is 2.69. The lowest BCUT2D eigenvalue weighted by molar-refractivity contribution is 0.469. The van der Waals surface area contributed by atoms with Crippen LogP contribution in [-0.4, -0.2) is 26.7 Å². The minimum Gasteiger partial charge on any atom is -0.438 e. The fourth-order valence-electron chi connectivity index (χ4n) is 1.77. The lowest BCUT2D eigenvalue weighted by atomic mass is 10.3. The molecule has 7 heteroatoms. The number of H-pyrrole nitrogens is 1. The summed E-state index contributed by atoms with van der Waals surface area (Å²) in [5.41, 5.74) is 0.618. The molecule has 1 aromatic carbocycles. The van der Waals surface area contributed by atoms with Crippen LogP contribution in [0.2, 0.25) is 5.02 Å². The van der Waals surface area contributed by atoms with E-state index in [1.165, 1.54) is 0 Å². The maximum Gasteiger partial charge on any atom is 0.235 e. The van der Waals surface area contributed by atoms with Gasteiger partial charge in [-0.05, 0) is 25.1 Å². The molecule has 0 fully saturated rings. The number of rotatable bonds is 4. The zero-order valence-electron chi connectivity index (χ0n) is 10.7. The molecule has 20 heavy (non-hydrogen) atoms. The summed E-state index contributed by atoms with van der Waals surface area (Å²) in [7, 11) is 0. The van der Waals surface area contributed by atoms with Gasteiger partial charge in [0.15, 0.2) is 5.65 Å². The summed E-state index contributed by atoms with van der Waals surface area (Å²) in [5.74, 6) is 1.53. The Bertz CT molecular complexity index is 742. The van der Waals surface area contributed by atoms with Crippen molar-refractivity contribution in [3.05, 3.63) is 35.5 Å². The molecule has 0 spiro atoms. The molecule has 2 heterocycles. The van der Waals surface area contributed by atoms with Crippen molar-refractivity contribution in [2.75, 3.05) is 11.9 Å². The molecule has 3 rings (SSSR count). The number of benzene rings is 1. The summed E-state index contributed by atoms with van der Waals surface area (Å²) in [4.78, 5) is 8.64. The molecule has 0 unspecified atom stereocenters. The van der Waals surface area contributed by atoms with Crippen LogP contribution in [0.15, 0.2) is 30.5 Å². The van der Waals surface area contributed by atoms with Crippen LogP contribution in [0.5, 0.6) is 11.6 Å². The van der Waals surface area contributed by atoms with E-state index in [4.69, 9.17) is 16.3 Å². The molecule has 2 aromatic heterocycles. The maximum absolute atomic E-state index is 5.95. The van der Waals surface area contributed by atoms with Crippen molar-refractivity contribution in [1.82, 2.24) is 20.2 Å². The van der Waals surface area contributed by atoms with Gasteiger partial charge in [0, 0.05) is 11.6 Å². The van der Waals surface area contributed by atoms with Crippen LogP contribution >= 0.6 is 11.6 Å². The van der Waals surface area contributed by atoms with E-state index >= 15 is 0 Å². The molecule has 3 aromatic rings. The monoisotopic (exact) mass is 289 g/mol. The highest BCUT2D eigenvalue weighted by Crippen LogP contribution is 2.28. The van der Waals surface area contributed by atoms with Gasteiger partial charge >= 0.3 is 0 Å². The van der Waals surface area contributed by atoms with Crippen molar-refractivity contribution in [2.24, 2.45) is 0 Å². The van der Waals surface area contributed by atoms with Gasteiger partial charge < -0.3 is 10.1 Å². The molecule has 0 atom stereocenters. The summed E-state index contributed by atoms with van der Waals surface area (Å²) < 4.78 is 5.78. The molecule has 0 saturated carbocycles. The Morgan fingerprint density at radius 3 is 3.05 bits per heavy atom. The molecule has 0 bridgehead atoms. The van der Waals surface area contributed by atoms with Crippen LogP contribution in [-0.2, 0) is 0 Å². The molecule has 102 valence electrons. The number of aromatic amines is 1. The van der Waals surface area contributed by atoms with Crippen molar-refractivity contribution < 1.29 is 4.74 Å². The number of fused-ring (bicyclic) bond motifs is 1. The van der Waals surface area contributed by atoms with Crippen LogP contribution in [0.1, 0.15) is 6.92 Å². The topological polar surface area (TPSA) is 75.7 Å². The largest absolute Gasteiger partial charge is 0.438 e. The van der Waals surface area contributed by atoms with Gasteiger partial charge in [-0.15, -0.1) is 0 Å². The number of halogens is 1. The number of ether oxygens (including phenoxy) is 1.